The van der Waals surface area contributed by atoms with E-state index in [0.29, 0.717) is 5.92 Å². The lowest BCUT2D eigenvalue weighted by molar-refractivity contribution is -0.131. The van der Waals surface area contributed by atoms with Crippen molar-refractivity contribution in [2.75, 3.05) is 13.1 Å². The highest BCUT2D eigenvalue weighted by atomic mass is 32.2. The summed E-state index contributed by atoms with van der Waals surface area (Å²) < 4.78 is 0. The highest BCUT2D eigenvalue weighted by Gasteiger charge is 2.27. The number of para-hydroxylation sites is 1. The number of fused-ring (bicyclic) bond motifs is 1. The number of likely N-dealkylation sites (tertiary alicyclic amines) is 1. The third kappa shape index (κ3) is 4.78. The first-order valence-electron chi connectivity index (χ1n) is 10.3. The fourth-order valence-corrected chi connectivity index (χ4v) is 5.10. The lowest BCUT2D eigenvalue weighted by atomic mass is 9.90. The Balaban J connectivity index is 1.37. The molecule has 1 aliphatic rings. The molecule has 0 N–H and O–H groups in total. The van der Waals surface area contributed by atoms with Gasteiger partial charge in [-0.2, -0.15) is 0 Å². The van der Waals surface area contributed by atoms with Gasteiger partial charge in [0, 0.05) is 18.5 Å². The standard InChI is InChI=1S/C24H27N3OS/c1-17(29-23-21-10-6-7-11-22(21)25-18(2)26-23)24(28)27-14-12-20(13-15-27)16-19-8-4-3-5-9-19/h3-11,17,20H,12-16H2,1-2H3/t17-/m0/s1. The van der Waals surface area contributed by atoms with Crippen LogP contribution in [-0.2, 0) is 11.2 Å². The predicted molar refractivity (Wildman–Crippen MR) is 119 cm³/mol. The molecular weight excluding hydrogens is 378 g/mol. The minimum absolute atomic E-state index is 0.154. The molecule has 0 unspecified atom stereocenters. The van der Waals surface area contributed by atoms with Crippen molar-refractivity contribution in [2.24, 2.45) is 5.92 Å². The summed E-state index contributed by atoms with van der Waals surface area (Å²) in [7, 11) is 0. The van der Waals surface area contributed by atoms with E-state index < -0.39 is 0 Å². The van der Waals surface area contributed by atoms with Gasteiger partial charge in [-0.05, 0) is 50.7 Å². The molecule has 0 saturated carbocycles. The Morgan fingerprint density at radius 2 is 1.76 bits per heavy atom. The van der Waals surface area contributed by atoms with Crippen LogP contribution in [0.3, 0.4) is 0 Å². The number of hydrogen-bond donors (Lipinski definition) is 0. The molecule has 1 amide bonds. The number of aryl methyl sites for hydroxylation is 1. The van der Waals surface area contributed by atoms with Gasteiger partial charge in [-0.3, -0.25) is 4.79 Å². The van der Waals surface area contributed by atoms with E-state index in [-0.39, 0.29) is 11.2 Å². The SMILES string of the molecule is Cc1nc(S[C@@H](C)C(=O)N2CCC(Cc3ccccc3)CC2)c2ccccc2n1. The van der Waals surface area contributed by atoms with Crippen molar-refractivity contribution in [2.45, 2.75) is 43.4 Å². The highest BCUT2D eigenvalue weighted by Crippen LogP contribution is 2.30. The maximum absolute atomic E-state index is 13.1. The quantitative estimate of drug-likeness (QED) is 0.447. The van der Waals surface area contributed by atoms with Crippen LogP contribution in [0.4, 0.5) is 0 Å². The summed E-state index contributed by atoms with van der Waals surface area (Å²) in [5.41, 5.74) is 2.33. The van der Waals surface area contributed by atoms with E-state index in [1.165, 1.54) is 5.56 Å². The van der Waals surface area contributed by atoms with Crippen LogP contribution in [0.25, 0.3) is 10.9 Å². The van der Waals surface area contributed by atoms with Crippen LogP contribution < -0.4 is 0 Å². The maximum Gasteiger partial charge on any atom is 0.235 e. The Bertz CT molecular complexity index is 984. The number of aromatic nitrogens is 2. The zero-order valence-electron chi connectivity index (χ0n) is 17.0. The first-order chi connectivity index (χ1) is 14.1. The van der Waals surface area contributed by atoms with Gasteiger partial charge < -0.3 is 4.90 Å². The van der Waals surface area contributed by atoms with Gasteiger partial charge in [-0.1, -0.05) is 60.3 Å². The molecule has 4 nitrogen and oxygen atoms in total. The number of carbonyl (C=O) groups is 1. The van der Waals surface area contributed by atoms with Gasteiger partial charge in [0.1, 0.15) is 10.9 Å². The minimum atomic E-state index is -0.154. The van der Waals surface area contributed by atoms with E-state index >= 15 is 0 Å². The first-order valence-corrected chi connectivity index (χ1v) is 11.2. The molecule has 1 aliphatic heterocycles. The van der Waals surface area contributed by atoms with Crippen LogP contribution in [-0.4, -0.2) is 39.1 Å². The van der Waals surface area contributed by atoms with Gasteiger partial charge >= 0.3 is 0 Å². The molecule has 1 aromatic heterocycles. The van der Waals surface area contributed by atoms with E-state index in [1.807, 2.05) is 43.0 Å². The number of thioether (sulfide) groups is 1. The molecular formula is C24H27N3OS. The summed E-state index contributed by atoms with van der Waals surface area (Å²) in [6, 6.07) is 18.7. The molecule has 0 aliphatic carbocycles. The van der Waals surface area contributed by atoms with Crippen molar-refractivity contribution in [3.63, 3.8) is 0 Å². The molecule has 1 atom stereocenters. The summed E-state index contributed by atoms with van der Waals surface area (Å²) in [5, 5.41) is 1.76. The number of piperidine rings is 1. The number of benzene rings is 2. The van der Waals surface area contributed by atoms with E-state index in [1.54, 1.807) is 11.8 Å². The van der Waals surface area contributed by atoms with Crippen LogP contribution in [0.1, 0.15) is 31.2 Å². The van der Waals surface area contributed by atoms with Gasteiger partial charge in [0.2, 0.25) is 5.91 Å². The molecule has 2 heterocycles. The Morgan fingerprint density at radius 1 is 1.07 bits per heavy atom. The number of amides is 1. The normalized spacial score (nSPS) is 16.1. The second kappa shape index (κ2) is 8.95. The number of hydrogen-bond acceptors (Lipinski definition) is 4. The van der Waals surface area contributed by atoms with Crippen LogP contribution in [0.5, 0.6) is 0 Å². The smallest absolute Gasteiger partial charge is 0.235 e. The third-order valence-electron chi connectivity index (χ3n) is 5.61. The third-order valence-corrected chi connectivity index (χ3v) is 6.70. The van der Waals surface area contributed by atoms with Crippen molar-refractivity contribution in [3.8, 4) is 0 Å². The van der Waals surface area contributed by atoms with Crippen LogP contribution in [0, 0.1) is 12.8 Å². The van der Waals surface area contributed by atoms with Crippen LogP contribution >= 0.6 is 11.8 Å². The molecule has 29 heavy (non-hydrogen) atoms. The average molecular weight is 406 g/mol. The number of rotatable bonds is 5. The van der Waals surface area contributed by atoms with Crippen molar-refractivity contribution >= 4 is 28.6 Å². The summed E-state index contributed by atoms with van der Waals surface area (Å²) in [4.78, 5) is 24.2. The van der Waals surface area contributed by atoms with E-state index in [2.05, 4.69) is 40.3 Å². The molecule has 0 radical (unpaired) electrons. The van der Waals surface area contributed by atoms with Crippen LogP contribution in [0.15, 0.2) is 59.6 Å². The molecule has 4 rings (SSSR count). The van der Waals surface area contributed by atoms with Gasteiger partial charge in [0.05, 0.1) is 10.8 Å². The fourth-order valence-electron chi connectivity index (χ4n) is 4.03. The lowest BCUT2D eigenvalue weighted by Gasteiger charge is -2.33. The first kappa shape index (κ1) is 19.9. The minimum Gasteiger partial charge on any atom is -0.342 e. The predicted octanol–water partition coefficient (Wildman–Crippen LogP) is 4.90. The molecule has 150 valence electrons. The van der Waals surface area contributed by atoms with E-state index in [4.69, 9.17) is 0 Å². The molecule has 0 spiro atoms. The van der Waals surface area contributed by atoms with Gasteiger partial charge in [-0.25, -0.2) is 9.97 Å². The second-order valence-corrected chi connectivity index (χ2v) is 9.14. The number of carbonyl (C=O) groups excluding carboxylic acids is 1. The van der Waals surface area contributed by atoms with Crippen LogP contribution in [0.2, 0.25) is 0 Å². The zero-order valence-corrected chi connectivity index (χ0v) is 17.9. The van der Waals surface area contributed by atoms with Crippen molar-refractivity contribution < 1.29 is 4.79 Å². The molecule has 0 bridgehead atoms. The molecule has 5 heteroatoms. The highest BCUT2D eigenvalue weighted by molar-refractivity contribution is 8.00. The van der Waals surface area contributed by atoms with Gasteiger partial charge in [0.25, 0.3) is 0 Å². The Hall–Kier alpha value is -2.40. The average Bonchev–Trinajstić information content (AvgIpc) is 2.74. The lowest BCUT2D eigenvalue weighted by Crippen LogP contribution is -2.42. The molecule has 1 saturated heterocycles. The Labute approximate surface area is 176 Å². The van der Waals surface area contributed by atoms with Crippen molar-refractivity contribution in [1.82, 2.24) is 14.9 Å². The summed E-state index contributed by atoms with van der Waals surface area (Å²) in [6.45, 7) is 5.60. The second-order valence-electron chi connectivity index (χ2n) is 7.81. The monoisotopic (exact) mass is 405 g/mol. The maximum atomic E-state index is 13.1. The zero-order chi connectivity index (χ0) is 20.2. The van der Waals surface area contributed by atoms with Gasteiger partial charge in [0.15, 0.2) is 0 Å². The van der Waals surface area contributed by atoms with Crippen molar-refractivity contribution in [1.29, 1.82) is 0 Å². The van der Waals surface area contributed by atoms with Crippen molar-refractivity contribution in [3.05, 3.63) is 66.0 Å². The fraction of sp³-hybridized carbons (Fsp3) is 0.375. The Kier molecular flexibility index (Phi) is 6.14. The largest absolute Gasteiger partial charge is 0.342 e. The number of nitrogens with zero attached hydrogens (tertiary/aromatic N) is 3. The molecule has 3 aromatic rings. The van der Waals surface area contributed by atoms with Gasteiger partial charge in [-0.15, -0.1) is 0 Å². The topological polar surface area (TPSA) is 46.1 Å². The molecule has 2 aromatic carbocycles. The molecule has 1 fully saturated rings. The Morgan fingerprint density at radius 3 is 2.52 bits per heavy atom. The summed E-state index contributed by atoms with van der Waals surface area (Å²) in [6.07, 6.45) is 3.26. The summed E-state index contributed by atoms with van der Waals surface area (Å²) >= 11 is 1.55. The van der Waals surface area contributed by atoms with E-state index in [0.717, 1.165) is 54.1 Å². The summed E-state index contributed by atoms with van der Waals surface area (Å²) in [5.74, 6) is 1.62. The van der Waals surface area contributed by atoms with E-state index in [9.17, 15) is 4.79 Å².